The zero-order chi connectivity index (χ0) is 12.0. The predicted molar refractivity (Wildman–Crippen MR) is 73.7 cm³/mol. The Hall–Kier alpha value is -1.44. The first-order valence-electron chi connectivity index (χ1n) is 6.53. The molecule has 17 heavy (non-hydrogen) atoms. The molecular weight excluding hydrogens is 208 g/mol. The molecule has 1 aromatic carbocycles. The van der Waals surface area contributed by atoms with Crippen molar-refractivity contribution in [3.63, 3.8) is 0 Å². The Morgan fingerprint density at radius 3 is 2.82 bits per heavy atom. The van der Waals surface area contributed by atoms with Crippen LogP contribution in [0.2, 0.25) is 0 Å². The van der Waals surface area contributed by atoms with Gasteiger partial charge in [0.15, 0.2) is 0 Å². The minimum Gasteiger partial charge on any atom is -0.385 e. The van der Waals surface area contributed by atoms with E-state index in [1.165, 1.54) is 34.3 Å². The standard InChI is InChI=1S/C15H20N2/c1-9(2)13-5-12-6-14-11(7-15(12)17-13)4-10(3)8-16-14/h5-7,9-10,16-17H,4,8H2,1-3H3. The van der Waals surface area contributed by atoms with Gasteiger partial charge in [-0.1, -0.05) is 20.8 Å². The molecule has 2 N–H and O–H groups in total. The highest BCUT2D eigenvalue weighted by molar-refractivity contribution is 5.86. The molecule has 3 rings (SSSR count). The lowest BCUT2D eigenvalue weighted by Crippen LogP contribution is -2.20. The molecular formula is C15H20N2. The zero-order valence-corrected chi connectivity index (χ0v) is 10.8. The van der Waals surface area contributed by atoms with Crippen LogP contribution < -0.4 is 5.32 Å². The normalized spacial score (nSPS) is 19.4. The number of hydrogen-bond acceptors (Lipinski definition) is 1. The quantitative estimate of drug-likeness (QED) is 0.761. The molecule has 0 bridgehead atoms. The molecule has 1 aliphatic rings. The third-order valence-electron chi connectivity index (χ3n) is 3.70. The predicted octanol–water partition coefficient (Wildman–Crippen LogP) is 3.90. The summed E-state index contributed by atoms with van der Waals surface area (Å²) >= 11 is 0. The molecule has 0 saturated heterocycles. The fourth-order valence-corrected chi connectivity index (χ4v) is 2.62. The van der Waals surface area contributed by atoms with Crippen LogP contribution >= 0.6 is 0 Å². The largest absolute Gasteiger partial charge is 0.385 e. The molecule has 2 heteroatoms. The second kappa shape index (κ2) is 3.80. The van der Waals surface area contributed by atoms with Crippen LogP contribution in [0, 0.1) is 5.92 Å². The molecule has 0 fully saturated rings. The van der Waals surface area contributed by atoms with E-state index in [2.05, 4.69) is 49.3 Å². The zero-order valence-electron chi connectivity index (χ0n) is 10.8. The van der Waals surface area contributed by atoms with Crippen molar-refractivity contribution in [1.82, 2.24) is 4.98 Å². The lowest BCUT2D eigenvalue weighted by Gasteiger charge is -2.23. The number of fused-ring (bicyclic) bond motifs is 2. The van der Waals surface area contributed by atoms with Gasteiger partial charge in [0, 0.05) is 28.8 Å². The van der Waals surface area contributed by atoms with Gasteiger partial charge in [0.2, 0.25) is 0 Å². The Kier molecular flexibility index (Phi) is 2.39. The smallest absolute Gasteiger partial charge is 0.0460 e. The average Bonchev–Trinajstić information content (AvgIpc) is 2.68. The van der Waals surface area contributed by atoms with Crippen molar-refractivity contribution in [2.24, 2.45) is 5.92 Å². The molecule has 0 radical (unpaired) electrons. The molecule has 1 aliphatic heterocycles. The Morgan fingerprint density at radius 2 is 2.06 bits per heavy atom. The number of rotatable bonds is 1. The van der Waals surface area contributed by atoms with Crippen LogP contribution in [0.1, 0.15) is 37.9 Å². The summed E-state index contributed by atoms with van der Waals surface area (Å²) in [5, 5.41) is 4.86. The third-order valence-corrected chi connectivity index (χ3v) is 3.70. The van der Waals surface area contributed by atoms with E-state index in [-0.39, 0.29) is 0 Å². The molecule has 90 valence electrons. The summed E-state index contributed by atoms with van der Waals surface area (Å²) in [6, 6.07) is 6.89. The molecule has 0 spiro atoms. The van der Waals surface area contributed by atoms with Crippen molar-refractivity contribution < 1.29 is 0 Å². The highest BCUT2D eigenvalue weighted by Crippen LogP contribution is 2.31. The number of aromatic nitrogens is 1. The lowest BCUT2D eigenvalue weighted by molar-refractivity contribution is 0.595. The Labute approximate surface area is 102 Å². The van der Waals surface area contributed by atoms with Crippen molar-refractivity contribution in [1.29, 1.82) is 0 Å². The van der Waals surface area contributed by atoms with Gasteiger partial charge in [-0.3, -0.25) is 0 Å². The SMILES string of the molecule is CC1CNc2cc3cc(C(C)C)[nH]c3cc2C1. The Balaban J connectivity index is 2.12. The van der Waals surface area contributed by atoms with Gasteiger partial charge in [0.05, 0.1) is 0 Å². The molecule has 0 aliphatic carbocycles. The summed E-state index contributed by atoms with van der Waals surface area (Å²) < 4.78 is 0. The van der Waals surface area contributed by atoms with Crippen LogP contribution in [0.3, 0.4) is 0 Å². The Morgan fingerprint density at radius 1 is 1.24 bits per heavy atom. The van der Waals surface area contributed by atoms with Crippen molar-refractivity contribution in [2.75, 3.05) is 11.9 Å². The minimum atomic E-state index is 0.561. The second-order valence-corrected chi connectivity index (χ2v) is 5.67. The maximum Gasteiger partial charge on any atom is 0.0460 e. The van der Waals surface area contributed by atoms with Crippen LogP contribution in [0.4, 0.5) is 5.69 Å². The molecule has 1 aromatic heterocycles. The molecule has 2 nitrogen and oxygen atoms in total. The minimum absolute atomic E-state index is 0.561. The van der Waals surface area contributed by atoms with E-state index in [1.807, 2.05) is 0 Å². The number of hydrogen-bond donors (Lipinski definition) is 2. The van der Waals surface area contributed by atoms with E-state index >= 15 is 0 Å². The van der Waals surface area contributed by atoms with Gasteiger partial charge < -0.3 is 10.3 Å². The summed E-state index contributed by atoms with van der Waals surface area (Å²) in [7, 11) is 0. The van der Waals surface area contributed by atoms with E-state index in [0.717, 1.165) is 12.5 Å². The van der Waals surface area contributed by atoms with Gasteiger partial charge >= 0.3 is 0 Å². The highest BCUT2D eigenvalue weighted by Gasteiger charge is 2.16. The Bertz CT molecular complexity index is 551. The van der Waals surface area contributed by atoms with Crippen molar-refractivity contribution in [3.05, 3.63) is 29.5 Å². The molecule has 1 unspecified atom stereocenters. The summed E-state index contributed by atoms with van der Waals surface area (Å²) in [5.41, 5.74) is 5.39. The summed E-state index contributed by atoms with van der Waals surface area (Å²) in [6.07, 6.45) is 1.19. The second-order valence-electron chi connectivity index (χ2n) is 5.67. The average molecular weight is 228 g/mol. The maximum atomic E-state index is 3.53. The molecule has 2 heterocycles. The number of aromatic amines is 1. The molecule has 1 atom stereocenters. The summed E-state index contributed by atoms with van der Waals surface area (Å²) in [6.45, 7) is 7.85. The molecule has 2 aromatic rings. The first-order valence-corrected chi connectivity index (χ1v) is 6.53. The lowest BCUT2D eigenvalue weighted by atomic mass is 9.95. The van der Waals surface area contributed by atoms with E-state index in [1.54, 1.807) is 0 Å². The van der Waals surface area contributed by atoms with Gasteiger partial charge in [0.1, 0.15) is 0 Å². The van der Waals surface area contributed by atoms with E-state index in [4.69, 9.17) is 0 Å². The van der Waals surface area contributed by atoms with Gasteiger partial charge in [-0.05, 0) is 42.0 Å². The van der Waals surface area contributed by atoms with Crippen LogP contribution in [0.25, 0.3) is 10.9 Å². The van der Waals surface area contributed by atoms with Gasteiger partial charge in [-0.25, -0.2) is 0 Å². The fraction of sp³-hybridized carbons (Fsp3) is 0.467. The van der Waals surface area contributed by atoms with Crippen LogP contribution in [0.5, 0.6) is 0 Å². The summed E-state index contributed by atoms with van der Waals surface area (Å²) in [4.78, 5) is 3.53. The summed E-state index contributed by atoms with van der Waals surface area (Å²) in [5.74, 6) is 1.30. The number of benzene rings is 1. The number of nitrogens with one attached hydrogen (secondary N) is 2. The first kappa shape index (κ1) is 10.7. The van der Waals surface area contributed by atoms with Gasteiger partial charge in [0.25, 0.3) is 0 Å². The first-order chi connectivity index (χ1) is 8.13. The third kappa shape index (κ3) is 1.82. The van der Waals surface area contributed by atoms with Crippen LogP contribution in [0.15, 0.2) is 18.2 Å². The topological polar surface area (TPSA) is 27.8 Å². The van der Waals surface area contributed by atoms with E-state index < -0.39 is 0 Å². The van der Waals surface area contributed by atoms with E-state index in [9.17, 15) is 0 Å². The van der Waals surface area contributed by atoms with Crippen LogP contribution in [-0.2, 0) is 6.42 Å². The number of anilines is 1. The number of H-pyrrole nitrogens is 1. The monoisotopic (exact) mass is 228 g/mol. The molecule has 0 saturated carbocycles. The van der Waals surface area contributed by atoms with Crippen LogP contribution in [-0.4, -0.2) is 11.5 Å². The highest BCUT2D eigenvalue weighted by atomic mass is 14.9. The molecule has 0 amide bonds. The van der Waals surface area contributed by atoms with Crippen molar-refractivity contribution in [3.8, 4) is 0 Å². The van der Waals surface area contributed by atoms with Gasteiger partial charge in [-0.15, -0.1) is 0 Å². The van der Waals surface area contributed by atoms with Crippen molar-refractivity contribution >= 4 is 16.6 Å². The van der Waals surface area contributed by atoms with Gasteiger partial charge in [-0.2, -0.15) is 0 Å². The van der Waals surface area contributed by atoms with E-state index in [0.29, 0.717) is 5.92 Å². The van der Waals surface area contributed by atoms with Crippen molar-refractivity contribution in [2.45, 2.75) is 33.1 Å². The maximum absolute atomic E-state index is 3.53. The fourth-order valence-electron chi connectivity index (χ4n) is 2.62.